The summed E-state index contributed by atoms with van der Waals surface area (Å²) < 4.78 is 43.8. The Morgan fingerprint density at radius 2 is 0.579 bits per heavy atom. The number of aryl methyl sites for hydroxylation is 8. The molecular weight excluding hydrogens is 1380 g/mol. The second-order valence-electron chi connectivity index (χ2n) is 34.5. The zero-order chi connectivity index (χ0) is 81.8. The van der Waals surface area contributed by atoms with Crippen molar-refractivity contribution >= 4 is 21.5 Å². The van der Waals surface area contributed by atoms with Gasteiger partial charge < -0.3 is 0 Å². The molecule has 0 aliphatic heterocycles. The smallest absolute Gasteiger partial charge is 0.201 e. The lowest BCUT2D eigenvalue weighted by Crippen LogP contribution is -2.32. The lowest BCUT2D eigenvalue weighted by molar-refractivity contribution is -0.660. The third-order valence-corrected chi connectivity index (χ3v) is 26.3. The summed E-state index contributed by atoms with van der Waals surface area (Å²) >= 11 is 0. The van der Waals surface area contributed by atoms with Crippen LogP contribution in [0.5, 0.6) is 0 Å². The van der Waals surface area contributed by atoms with Crippen molar-refractivity contribution in [1.29, 1.82) is 0 Å². The van der Waals surface area contributed by atoms with E-state index < -0.39 is 23.6 Å². The molecule has 3 aromatic heterocycles. The minimum atomic E-state index is -0.560. The van der Waals surface area contributed by atoms with E-state index >= 15 is 0 Å². The minimum absolute atomic E-state index is 0.0128. The Balaban J connectivity index is 0.000000129. The van der Waals surface area contributed by atoms with Crippen LogP contribution in [-0.4, -0.2) is 0 Å². The van der Waals surface area contributed by atoms with Gasteiger partial charge >= 0.3 is 0 Å². The Labute approximate surface area is 686 Å². The minimum Gasteiger partial charge on any atom is -0.201 e. The number of benzene rings is 11. The molecule has 14 aromatic rings. The maximum absolute atomic E-state index is 9.62. The van der Waals surface area contributed by atoms with Gasteiger partial charge in [-0.05, 0) is 285 Å². The number of aromatic nitrogens is 3. The lowest BCUT2D eigenvalue weighted by atomic mass is 9.81. The first-order valence-corrected chi connectivity index (χ1v) is 42.8. The van der Waals surface area contributed by atoms with Crippen molar-refractivity contribution in [3.8, 4) is 101 Å². The molecule has 3 nitrogen and oxygen atoms in total. The van der Waals surface area contributed by atoms with E-state index in [1.165, 1.54) is 180 Å². The molecule has 5 aliphatic carbocycles. The first kappa shape index (κ1) is 71.2. The number of nitrogens with zero attached hydrogens (tertiary/aromatic N) is 3. The zero-order valence-corrected chi connectivity index (χ0v) is 69.2. The van der Waals surface area contributed by atoms with Crippen molar-refractivity contribution in [3.05, 3.63) is 329 Å². The Morgan fingerprint density at radius 3 is 0.991 bits per heavy atom. The summed E-state index contributed by atoms with van der Waals surface area (Å²) in [6.07, 6.45) is 27.2. The fourth-order valence-electron chi connectivity index (χ4n) is 19.7. The zero-order valence-electron chi connectivity index (χ0n) is 73.2. The molecule has 4 fully saturated rings. The van der Waals surface area contributed by atoms with Gasteiger partial charge in [0, 0.05) is 62.5 Å². The van der Waals surface area contributed by atoms with Crippen LogP contribution in [0.2, 0.25) is 0 Å². The molecule has 0 N–H and O–H groups in total. The van der Waals surface area contributed by atoms with Crippen molar-refractivity contribution in [2.75, 3.05) is 0 Å². The molecule has 114 heavy (non-hydrogen) atoms. The fraction of sp³-hybridized carbons (Fsp3) is 0.306. The van der Waals surface area contributed by atoms with E-state index in [0.29, 0.717) is 0 Å². The number of hydrogen-bond acceptors (Lipinski definition) is 0. The van der Waals surface area contributed by atoms with Gasteiger partial charge in [0.05, 0.1) is 0 Å². The average Bonchev–Trinajstić information content (AvgIpc) is 1.59. The molecule has 0 saturated heterocycles. The Morgan fingerprint density at radius 1 is 0.263 bits per heavy atom. The van der Waals surface area contributed by atoms with Crippen LogP contribution in [0.4, 0.5) is 0 Å². The standard InChI is InChI=1S/C41H44N.C40H42N.C30H30N/c1-29-11-9-10-16-38(29)41-27-39(40(28-42(41)2)33-14-7-4-8-15-33)37-24-23-35-25-34(21-22-36(35)26-37)32-19-17-31(18-20-32)30-12-5-3-6-13-30;1-28-10-6-9-15-37(28)40-26-38(39(27-41(40)2)32-13-4-3-5-14-32)36-23-22-34-24-33(20-21-35(34)25-36)31-18-16-30(17-19-31)29-11-7-8-12-29;1-19-11-13-24-25-14-12-22(16-28(25)30(4,5)27(24)15-19)26-17-29(31(6)18-21(26)3)23-10-8-7-9-20(23)2/h9-11,16-28,30,33H,3-8,12-15H2,1-2H3;6,9-10,15-27,29,32H,3-5,7-8,11-14H2,1-2H3;7-18H,1-6H3/q3*+1/i30D,33D;29D,32D;. The van der Waals surface area contributed by atoms with E-state index in [9.17, 15) is 2.74 Å². The van der Waals surface area contributed by atoms with E-state index in [-0.39, 0.29) is 5.41 Å². The molecule has 0 atom stereocenters. The van der Waals surface area contributed by atoms with E-state index in [1.54, 1.807) is 0 Å². The largest absolute Gasteiger partial charge is 0.213 e. The van der Waals surface area contributed by atoms with Crippen LogP contribution >= 0.6 is 0 Å². The summed E-state index contributed by atoms with van der Waals surface area (Å²) in [5.41, 5.74) is 36.2. The van der Waals surface area contributed by atoms with Crippen molar-refractivity contribution < 1.29 is 19.2 Å². The summed E-state index contributed by atoms with van der Waals surface area (Å²) in [5, 5.41) is 4.88. The second kappa shape index (κ2) is 33.1. The molecule has 19 rings (SSSR count). The van der Waals surface area contributed by atoms with Gasteiger partial charge in [-0.25, -0.2) is 13.7 Å². The van der Waals surface area contributed by atoms with Gasteiger partial charge in [0.1, 0.15) is 21.1 Å². The highest BCUT2D eigenvalue weighted by Crippen LogP contribution is 2.51. The van der Waals surface area contributed by atoms with E-state index in [1.807, 2.05) is 0 Å². The number of pyridine rings is 3. The number of rotatable bonds is 12. The molecule has 3 heterocycles. The normalized spacial score (nSPS) is 17.4. The highest BCUT2D eigenvalue weighted by molar-refractivity contribution is 5.94. The Hall–Kier alpha value is -10.6. The first-order chi connectivity index (χ1) is 56.9. The van der Waals surface area contributed by atoms with Crippen LogP contribution in [0.3, 0.4) is 0 Å². The van der Waals surface area contributed by atoms with Gasteiger partial charge in [0.2, 0.25) is 17.1 Å². The summed E-state index contributed by atoms with van der Waals surface area (Å²) in [7, 11) is 6.41. The third kappa shape index (κ3) is 15.7. The SMILES string of the molecule is Cc1ccc2c(c1)C(C)(C)c1cc(-c3cc(-c4ccccc4C)[n+](C)cc3C)ccc1-2.[2H]C1(c2ccc(-c3ccc4cc(-c5cc(-c6ccccc6C)[n+](C)cc5C5([2H])CCCCC5)ccc4c3)cc2)CCCC1.[2H]C1(c2ccc(-c3ccc4cc(-c5cc(-c6ccccc6C)[n+](C)cc5C5([2H])CCCCC5)ccc4c3)cc2)CCCCC1. The number of fused-ring (bicyclic) bond motifs is 5. The topological polar surface area (TPSA) is 11.6 Å². The summed E-state index contributed by atoms with van der Waals surface area (Å²) in [5.74, 6) is -1.94. The molecule has 0 amide bonds. The quantitative estimate of drug-likeness (QED) is 0.108. The highest BCUT2D eigenvalue weighted by atomic mass is 14.9. The fourth-order valence-corrected chi connectivity index (χ4v) is 19.7. The molecule has 0 radical (unpaired) electrons. The van der Waals surface area contributed by atoms with Gasteiger partial charge in [-0.1, -0.05) is 272 Å². The molecule has 0 spiro atoms. The van der Waals surface area contributed by atoms with Crippen LogP contribution in [-0.2, 0) is 26.6 Å². The Bertz CT molecular complexity index is 6120. The van der Waals surface area contributed by atoms with Crippen LogP contribution < -0.4 is 13.7 Å². The van der Waals surface area contributed by atoms with Crippen molar-refractivity contribution in [2.24, 2.45) is 21.1 Å². The summed E-state index contributed by atoms with van der Waals surface area (Å²) in [4.78, 5) is 0. The third-order valence-electron chi connectivity index (χ3n) is 26.3. The van der Waals surface area contributed by atoms with E-state index in [0.717, 1.165) is 125 Å². The molecular formula is C111H116N3+3. The van der Waals surface area contributed by atoms with Gasteiger partial charge in [-0.3, -0.25) is 0 Å². The van der Waals surface area contributed by atoms with E-state index in [2.05, 4.69) is 351 Å². The molecule has 0 bridgehead atoms. The van der Waals surface area contributed by atoms with Crippen LogP contribution in [0.25, 0.3) is 122 Å². The Kier molecular flexibility index (Phi) is 20.7. The van der Waals surface area contributed by atoms with Crippen LogP contribution in [0.15, 0.2) is 267 Å². The van der Waals surface area contributed by atoms with Crippen LogP contribution in [0, 0.1) is 34.6 Å². The van der Waals surface area contributed by atoms with Gasteiger partial charge in [-0.2, -0.15) is 0 Å². The molecule has 11 aromatic carbocycles. The van der Waals surface area contributed by atoms with E-state index in [4.69, 9.17) is 2.74 Å². The summed E-state index contributed by atoms with van der Waals surface area (Å²) in [6.45, 7) is 15.7. The van der Waals surface area contributed by atoms with Gasteiger partial charge in [-0.15, -0.1) is 0 Å². The monoisotopic (exact) mass is 1490 g/mol. The predicted molar refractivity (Wildman–Crippen MR) is 481 cm³/mol. The maximum Gasteiger partial charge on any atom is 0.213 e. The maximum atomic E-state index is 9.62. The van der Waals surface area contributed by atoms with Gasteiger partial charge in [0.15, 0.2) is 18.6 Å². The molecule has 5 aliphatic rings. The second-order valence-corrected chi connectivity index (χ2v) is 34.5. The van der Waals surface area contributed by atoms with Gasteiger partial charge in [0.25, 0.3) is 0 Å². The number of hydrogen-bond donors (Lipinski definition) is 0. The van der Waals surface area contributed by atoms with Crippen molar-refractivity contribution in [2.45, 2.75) is 199 Å². The van der Waals surface area contributed by atoms with Crippen LogP contribution in [0.1, 0.15) is 226 Å². The molecule has 4 saturated carbocycles. The average molecular weight is 1500 g/mol. The predicted octanol–water partition coefficient (Wildman–Crippen LogP) is 28.8. The molecule has 572 valence electrons. The van der Waals surface area contributed by atoms with Crippen molar-refractivity contribution in [1.82, 2.24) is 0 Å². The molecule has 3 heteroatoms. The first-order valence-electron chi connectivity index (χ1n) is 44.8. The van der Waals surface area contributed by atoms with Crippen molar-refractivity contribution in [3.63, 3.8) is 0 Å². The highest BCUT2D eigenvalue weighted by Gasteiger charge is 2.37. The molecule has 0 unspecified atom stereocenters. The summed E-state index contributed by atoms with van der Waals surface area (Å²) in [6, 6.07) is 91.5. The lowest BCUT2D eigenvalue weighted by Gasteiger charge is -2.24.